The third-order valence-corrected chi connectivity index (χ3v) is 5.89. The van der Waals surface area contributed by atoms with Crippen LogP contribution in [-0.2, 0) is 16.3 Å². The number of nitrogens with one attached hydrogen (secondary N) is 2. The molecule has 1 atom stereocenters. The van der Waals surface area contributed by atoms with Gasteiger partial charge in [0, 0.05) is 18.7 Å². The van der Waals surface area contributed by atoms with Gasteiger partial charge in [0.2, 0.25) is 0 Å². The van der Waals surface area contributed by atoms with Gasteiger partial charge in [0.05, 0.1) is 11.5 Å². The predicted molar refractivity (Wildman–Crippen MR) is 95.2 cm³/mol. The zero-order chi connectivity index (χ0) is 18.6. The maximum Gasteiger partial charge on any atom is 0.270 e. The van der Waals surface area contributed by atoms with Gasteiger partial charge < -0.3 is 10.6 Å². The summed E-state index contributed by atoms with van der Waals surface area (Å²) >= 11 is 0. The lowest BCUT2D eigenvalue weighted by Gasteiger charge is -2.12. The number of aromatic nitrogens is 2. The molecule has 0 saturated carbocycles. The van der Waals surface area contributed by atoms with Gasteiger partial charge in [-0.3, -0.25) is 4.79 Å². The molecule has 1 amide bonds. The van der Waals surface area contributed by atoms with E-state index in [1.807, 2.05) is 0 Å². The fourth-order valence-corrected chi connectivity index (χ4v) is 4.45. The number of rotatable bonds is 6. The highest BCUT2D eigenvalue weighted by Crippen LogP contribution is 2.16. The third-order valence-electron chi connectivity index (χ3n) is 4.12. The van der Waals surface area contributed by atoms with E-state index in [0.29, 0.717) is 24.2 Å². The smallest absolute Gasteiger partial charge is 0.270 e. The molecule has 1 aliphatic rings. The first-order chi connectivity index (χ1) is 12.4. The Hall–Kier alpha value is -2.55. The van der Waals surface area contributed by atoms with Crippen molar-refractivity contribution in [3.8, 4) is 0 Å². The summed E-state index contributed by atoms with van der Waals surface area (Å²) in [6.07, 6.45) is 2.13. The van der Waals surface area contributed by atoms with E-state index in [-0.39, 0.29) is 35.6 Å². The molecule has 3 rings (SSSR count). The summed E-state index contributed by atoms with van der Waals surface area (Å²) in [5, 5.41) is 5.71. The van der Waals surface area contributed by atoms with Crippen LogP contribution in [0.15, 0.2) is 36.7 Å². The molecular formula is C17H19FN4O3S. The number of carbonyl (C=O) groups excluding carboxylic acids is 1. The standard InChI is InChI=1S/C17H19FN4O3S/c18-14-4-2-1-3-12(14)5-7-19-17(23)15-9-16(21-11-20-15)22-13-6-8-26(24,25)10-13/h1-4,9,11,13H,5-8,10H2,(H,19,23)(H,20,21,22). The van der Waals surface area contributed by atoms with Gasteiger partial charge in [-0.05, 0) is 24.5 Å². The molecule has 1 saturated heterocycles. The Morgan fingerprint density at radius 3 is 2.81 bits per heavy atom. The average molecular weight is 378 g/mol. The van der Waals surface area contributed by atoms with Gasteiger partial charge in [0.15, 0.2) is 9.84 Å². The molecule has 9 heteroatoms. The number of amides is 1. The SMILES string of the molecule is O=C(NCCc1ccccc1F)c1cc(NC2CCS(=O)(=O)C2)ncn1. The number of hydrogen-bond acceptors (Lipinski definition) is 6. The first-order valence-corrected chi connectivity index (χ1v) is 10.1. The molecule has 2 aromatic rings. The van der Waals surface area contributed by atoms with Crippen molar-refractivity contribution in [2.24, 2.45) is 0 Å². The number of halogens is 1. The lowest BCUT2D eigenvalue weighted by atomic mass is 10.1. The normalized spacial score (nSPS) is 18.4. The van der Waals surface area contributed by atoms with E-state index in [9.17, 15) is 17.6 Å². The lowest BCUT2D eigenvalue weighted by molar-refractivity contribution is 0.0949. The molecule has 0 bridgehead atoms. The molecule has 0 radical (unpaired) electrons. The molecule has 1 unspecified atom stereocenters. The first-order valence-electron chi connectivity index (χ1n) is 8.23. The lowest BCUT2D eigenvalue weighted by Crippen LogP contribution is -2.27. The topological polar surface area (TPSA) is 101 Å². The van der Waals surface area contributed by atoms with Crippen LogP contribution in [-0.4, -0.2) is 48.4 Å². The Bertz CT molecular complexity index is 904. The van der Waals surface area contributed by atoms with E-state index in [1.54, 1.807) is 18.2 Å². The Morgan fingerprint density at radius 1 is 1.27 bits per heavy atom. The van der Waals surface area contributed by atoms with Crippen LogP contribution >= 0.6 is 0 Å². The number of sulfone groups is 1. The molecule has 2 heterocycles. The number of hydrogen-bond donors (Lipinski definition) is 2. The van der Waals surface area contributed by atoms with E-state index >= 15 is 0 Å². The molecule has 26 heavy (non-hydrogen) atoms. The highest BCUT2D eigenvalue weighted by atomic mass is 32.2. The van der Waals surface area contributed by atoms with Crippen LogP contribution in [0.5, 0.6) is 0 Å². The Kier molecular flexibility index (Phi) is 5.46. The number of carbonyl (C=O) groups is 1. The summed E-state index contributed by atoms with van der Waals surface area (Å²) in [5.74, 6) is -0.0886. The van der Waals surface area contributed by atoms with Crippen molar-refractivity contribution in [2.45, 2.75) is 18.9 Å². The van der Waals surface area contributed by atoms with Crippen LogP contribution in [0.2, 0.25) is 0 Å². The molecule has 1 aromatic heterocycles. The maximum atomic E-state index is 13.6. The summed E-state index contributed by atoms with van der Waals surface area (Å²) in [5.41, 5.74) is 0.692. The Labute approximate surface area is 151 Å². The molecule has 7 nitrogen and oxygen atoms in total. The fourth-order valence-electron chi connectivity index (χ4n) is 2.78. The van der Waals surface area contributed by atoms with Crippen LogP contribution in [0.1, 0.15) is 22.5 Å². The predicted octanol–water partition coefficient (Wildman–Crippen LogP) is 1.19. The van der Waals surface area contributed by atoms with E-state index in [0.717, 1.165) is 0 Å². The van der Waals surface area contributed by atoms with Crippen molar-refractivity contribution in [3.05, 3.63) is 53.7 Å². The van der Waals surface area contributed by atoms with Crippen LogP contribution in [0.4, 0.5) is 10.2 Å². The van der Waals surface area contributed by atoms with Gasteiger partial charge in [0.1, 0.15) is 23.7 Å². The van der Waals surface area contributed by atoms with Gasteiger partial charge in [0.25, 0.3) is 5.91 Å². The third kappa shape index (κ3) is 4.75. The van der Waals surface area contributed by atoms with E-state index in [2.05, 4.69) is 20.6 Å². The summed E-state index contributed by atoms with van der Waals surface area (Å²) in [7, 11) is -3.00. The van der Waals surface area contributed by atoms with Gasteiger partial charge in [-0.2, -0.15) is 0 Å². The minimum atomic E-state index is -3.00. The summed E-state index contributed by atoms with van der Waals surface area (Å²) < 4.78 is 36.6. The summed E-state index contributed by atoms with van der Waals surface area (Å²) in [6.45, 7) is 0.271. The number of nitrogens with zero attached hydrogens (tertiary/aromatic N) is 2. The maximum absolute atomic E-state index is 13.6. The van der Waals surface area contributed by atoms with E-state index in [4.69, 9.17) is 0 Å². The molecular weight excluding hydrogens is 359 g/mol. The zero-order valence-electron chi connectivity index (χ0n) is 14.0. The van der Waals surface area contributed by atoms with E-state index < -0.39 is 15.7 Å². The number of anilines is 1. The monoisotopic (exact) mass is 378 g/mol. The van der Waals surface area contributed by atoms with Gasteiger partial charge in [-0.25, -0.2) is 22.8 Å². The molecule has 1 aliphatic heterocycles. The minimum absolute atomic E-state index is 0.0567. The van der Waals surface area contributed by atoms with Gasteiger partial charge in [-0.1, -0.05) is 18.2 Å². The van der Waals surface area contributed by atoms with Gasteiger partial charge in [-0.15, -0.1) is 0 Å². The van der Waals surface area contributed by atoms with Crippen molar-refractivity contribution in [3.63, 3.8) is 0 Å². The molecule has 0 spiro atoms. The van der Waals surface area contributed by atoms with Crippen molar-refractivity contribution in [2.75, 3.05) is 23.4 Å². The van der Waals surface area contributed by atoms with Crippen LogP contribution in [0.25, 0.3) is 0 Å². The van der Waals surface area contributed by atoms with Crippen LogP contribution in [0.3, 0.4) is 0 Å². The van der Waals surface area contributed by atoms with Crippen molar-refractivity contribution in [1.82, 2.24) is 15.3 Å². The Balaban J connectivity index is 1.55. The molecule has 0 aliphatic carbocycles. The number of benzene rings is 1. The van der Waals surface area contributed by atoms with Crippen LogP contribution < -0.4 is 10.6 Å². The second-order valence-electron chi connectivity index (χ2n) is 6.13. The Morgan fingerprint density at radius 2 is 2.08 bits per heavy atom. The van der Waals surface area contributed by atoms with Crippen molar-refractivity contribution < 1.29 is 17.6 Å². The molecule has 1 fully saturated rings. The summed E-state index contributed by atoms with van der Waals surface area (Å²) in [4.78, 5) is 20.1. The highest BCUT2D eigenvalue weighted by Gasteiger charge is 2.28. The van der Waals surface area contributed by atoms with Gasteiger partial charge >= 0.3 is 0 Å². The van der Waals surface area contributed by atoms with Crippen molar-refractivity contribution >= 4 is 21.6 Å². The summed E-state index contributed by atoms with van der Waals surface area (Å²) in [6, 6.07) is 7.66. The fraction of sp³-hybridized carbons (Fsp3) is 0.353. The molecule has 138 valence electrons. The second-order valence-corrected chi connectivity index (χ2v) is 8.36. The quantitative estimate of drug-likeness (QED) is 0.783. The van der Waals surface area contributed by atoms with Crippen molar-refractivity contribution in [1.29, 1.82) is 0 Å². The largest absolute Gasteiger partial charge is 0.366 e. The second kappa shape index (κ2) is 7.77. The minimum Gasteiger partial charge on any atom is -0.366 e. The first kappa shape index (κ1) is 18.2. The molecule has 2 N–H and O–H groups in total. The highest BCUT2D eigenvalue weighted by molar-refractivity contribution is 7.91. The molecule has 1 aromatic carbocycles. The average Bonchev–Trinajstić information content (AvgIpc) is 2.95. The zero-order valence-corrected chi connectivity index (χ0v) is 14.8. The van der Waals surface area contributed by atoms with E-state index in [1.165, 1.54) is 18.5 Å². The van der Waals surface area contributed by atoms with Crippen LogP contribution in [0, 0.1) is 5.82 Å².